The number of aliphatic carboxylic acids is 1. The Kier molecular flexibility index (Phi) is 9.01. The third kappa shape index (κ3) is 7.37. The molecule has 1 atom stereocenters. The van der Waals surface area contributed by atoms with E-state index in [1.54, 1.807) is 18.2 Å². The summed E-state index contributed by atoms with van der Waals surface area (Å²) < 4.78 is 21.6. The fourth-order valence-corrected chi connectivity index (χ4v) is 4.12. The quantitative estimate of drug-likeness (QED) is 0.304. The van der Waals surface area contributed by atoms with Gasteiger partial charge in [-0.25, -0.2) is 4.39 Å². The Morgan fingerprint density at radius 3 is 2.31 bits per heavy atom. The van der Waals surface area contributed by atoms with Gasteiger partial charge in [-0.05, 0) is 41.3 Å². The second-order valence-electron chi connectivity index (χ2n) is 8.80. The number of hydrogen-bond acceptors (Lipinski definition) is 5. The summed E-state index contributed by atoms with van der Waals surface area (Å²) in [6.07, 6.45) is -0.100. The molecule has 1 heterocycles. The predicted octanol–water partition coefficient (Wildman–Crippen LogP) is 5.44. The van der Waals surface area contributed by atoms with Crippen LogP contribution in [0.1, 0.15) is 37.4 Å². The first-order valence-electron chi connectivity index (χ1n) is 11.3. The van der Waals surface area contributed by atoms with E-state index in [-0.39, 0.29) is 43.0 Å². The predicted molar refractivity (Wildman–Crippen MR) is 131 cm³/mol. The van der Waals surface area contributed by atoms with Gasteiger partial charge in [0, 0.05) is 36.3 Å². The summed E-state index contributed by atoms with van der Waals surface area (Å²) in [7, 11) is 0. The van der Waals surface area contributed by atoms with Gasteiger partial charge >= 0.3 is 5.97 Å². The molecule has 0 amide bonds. The number of nitrogens with zero attached hydrogens (tertiary/aromatic N) is 2. The lowest BCUT2D eigenvalue weighted by Crippen LogP contribution is -2.33. The molecule has 1 aromatic heterocycles. The van der Waals surface area contributed by atoms with E-state index in [9.17, 15) is 24.5 Å². The van der Waals surface area contributed by atoms with E-state index in [4.69, 9.17) is 16.3 Å². The van der Waals surface area contributed by atoms with Crippen molar-refractivity contribution in [1.82, 2.24) is 9.47 Å². The molecule has 9 heteroatoms. The van der Waals surface area contributed by atoms with E-state index in [1.807, 2.05) is 30.9 Å². The van der Waals surface area contributed by atoms with Crippen LogP contribution in [0.3, 0.4) is 0 Å². The molecule has 0 saturated heterocycles. The lowest BCUT2D eigenvalue weighted by molar-refractivity contribution is -0.138. The second-order valence-corrected chi connectivity index (χ2v) is 9.24. The molecule has 0 aliphatic carbocycles. The summed E-state index contributed by atoms with van der Waals surface area (Å²) in [6.45, 7) is 5.25. The first kappa shape index (κ1) is 26.4. The number of carboxylic acids is 1. The van der Waals surface area contributed by atoms with E-state index in [2.05, 4.69) is 0 Å². The Morgan fingerprint density at radius 2 is 1.74 bits per heavy atom. The highest BCUT2D eigenvalue weighted by molar-refractivity contribution is 6.30. The number of aromatic hydroxyl groups is 2. The topological polar surface area (TPSA) is 95.2 Å². The monoisotopic (exact) mass is 504 g/mol. The lowest BCUT2D eigenvalue weighted by Gasteiger charge is -2.33. The Morgan fingerprint density at radius 1 is 1.09 bits per heavy atom. The smallest absolute Gasteiger partial charge is 0.305 e. The number of ether oxygens (including phenoxy) is 1. The third-order valence-electron chi connectivity index (χ3n) is 5.55. The molecular formula is C26H30ClFN2O5. The van der Waals surface area contributed by atoms with Gasteiger partial charge in [-0.2, -0.15) is 0 Å². The van der Waals surface area contributed by atoms with Gasteiger partial charge in [-0.15, -0.1) is 0 Å². The van der Waals surface area contributed by atoms with Gasteiger partial charge in [0.05, 0.1) is 13.0 Å². The number of benzene rings is 2. The van der Waals surface area contributed by atoms with Crippen LogP contribution in [0.5, 0.6) is 17.5 Å². The molecule has 0 fully saturated rings. The molecule has 0 aliphatic rings. The van der Waals surface area contributed by atoms with Crippen molar-refractivity contribution >= 4 is 17.6 Å². The molecule has 3 rings (SSSR count). The average Bonchev–Trinajstić information content (AvgIpc) is 3.11. The molecule has 188 valence electrons. The zero-order chi connectivity index (χ0) is 25.5. The highest BCUT2D eigenvalue weighted by atomic mass is 35.5. The maximum Gasteiger partial charge on any atom is 0.305 e. The largest absolute Gasteiger partial charge is 0.494 e. The minimum Gasteiger partial charge on any atom is -0.494 e. The zero-order valence-corrected chi connectivity index (χ0v) is 20.5. The molecule has 0 spiro atoms. The molecule has 2 aromatic carbocycles. The van der Waals surface area contributed by atoms with Crippen LogP contribution in [0.25, 0.3) is 0 Å². The Balaban J connectivity index is 1.75. The number of rotatable bonds is 12. The highest BCUT2D eigenvalue weighted by Crippen LogP contribution is 2.30. The SMILES string of the molecule is CC(C)CN(Cc1ccc(OCCn2c(O)ccc2O)c(F)c1)C(CC(=O)O)c1ccc(Cl)cc1. The van der Waals surface area contributed by atoms with Crippen LogP contribution in [0, 0.1) is 11.7 Å². The fourth-order valence-electron chi connectivity index (χ4n) is 4.00. The van der Waals surface area contributed by atoms with Crippen LogP contribution < -0.4 is 4.74 Å². The van der Waals surface area contributed by atoms with Crippen LogP contribution in [0.15, 0.2) is 54.6 Å². The minimum absolute atomic E-state index is 0.0444. The van der Waals surface area contributed by atoms with Crippen LogP contribution in [0.2, 0.25) is 5.02 Å². The maximum atomic E-state index is 14.8. The summed E-state index contributed by atoms with van der Waals surface area (Å²) in [6, 6.07) is 14.1. The molecule has 1 unspecified atom stereocenters. The molecule has 0 saturated carbocycles. The fraction of sp³-hybridized carbons (Fsp3) is 0.346. The third-order valence-corrected chi connectivity index (χ3v) is 5.80. The molecular weight excluding hydrogens is 475 g/mol. The molecule has 0 bridgehead atoms. The van der Waals surface area contributed by atoms with E-state index >= 15 is 0 Å². The number of carbonyl (C=O) groups is 1. The Hall–Kier alpha value is -3.23. The lowest BCUT2D eigenvalue weighted by atomic mass is 9.99. The summed E-state index contributed by atoms with van der Waals surface area (Å²) in [5, 5.41) is 29.5. The minimum atomic E-state index is -0.923. The van der Waals surface area contributed by atoms with E-state index in [0.29, 0.717) is 23.7 Å². The molecule has 0 radical (unpaired) electrons. The molecule has 35 heavy (non-hydrogen) atoms. The van der Waals surface area contributed by atoms with Gasteiger partial charge in [-0.3, -0.25) is 14.3 Å². The molecule has 3 aromatic rings. The van der Waals surface area contributed by atoms with Crippen LogP contribution >= 0.6 is 11.6 Å². The van der Waals surface area contributed by atoms with Crippen molar-refractivity contribution in [3.05, 3.63) is 76.6 Å². The Bertz CT molecular complexity index is 1110. The normalized spacial score (nSPS) is 12.3. The first-order valence-corrected chi connectivity index (χ1v) is 11.7. The van der Waals surface area contributed by atoms with Crippen molar-refractivity contribution in [1.29, 1.82) is 0 Å². The second kappa shape index (κ2) is 12.0. The summed E-state index contributed by atoms with van der Waals surface area (Å²) in [4.78, 5) is 13.7. The molecule has 7 nitrogen and oxygen atoms in total. The number of aromatic nitrogens is 1. The van der Waals surface area contributed by atoms with Crippen LogP contribution in [-0.4, -0.2) is 43.9 Å². The van der Waals surface area contributed by atoms with Gasteiger partial charge in [0.2, 0.25) is 0 Å². The van der Waals surface area contributed by atoms with Gasteiger partial charge in [-0.1, -0.05) is 43.6 Å². The van der Waals surface area contributed by atoms with Gasteiger partial charge in [0.1, 0.15) is 6.61 Å². The number of hydrogen-bond donors (Lipinski definition) is 3. The van der Waals surface area contributed by atoms with Crippen molar-refractivity contribution in [3.8, 4) is 17.5 Å². The van der Waals surface area contributed by atoms with Gasteiger partial charge in [0.15, 0.2) is 23.3 Å². The van der Waals surface area contributed by atoms with E-state index in [0.717, 1.165) is 5.56 Å². The van der Waals surface area contributed by atoms with Crippen molar-refractivity contribution in [3.63, 3.8) is 0 Å². The Labute approximate surface area is 209 Å². The van der Waals surface area contributed by atoms with Crippen molar-refractivity contribution in [2.24, 2.45) is 5.92 Å². The van der Waals surface area contributed by atoms with Crippen molar-refractivity contribution < 1.29 is 29.2 Å². The first-order chi connectivity index (χ1) is 16.6. The van der Waals surface area contributed by atoms with E-state index < -0.39 is 17.8 Å². The van der Waals surface area contributed by atoms with Crippen molar-refractivity contribution in [2.75, 3.05) is 13.2 Å². The van der Waals surface area contributed by atoms with Crippen molar-refractivity contribution in [2.45, 2.75) is 39.4 Å². The highest BCUT2D eigenvalue weighted by Gasteiger charge is 2.24. The summed E-state index contributed by atoms with van der Waals surface area (Å²) in [5.41, 5.74) is 1.51. The van der Waals surface area contributed by atoms with Crippen LogP contribution in [-0.2, 0) is 17.9 Å². The number of halogens is 2. The molecule has 0 aliphatic heterocycles. The standard InChI is InChI=1S/C26H30ClFN2O5/c1-17(2)15-29(22(14-26(33)34)19-4-6-20(27)7-5-19)16-18-3-8-23(21(28)13-18)35-12-11-30-24(31)9-10-25(30)32/h3-10,13,17,22,31-32H,11-12,14-16H2,1-2H3,(H,33,34). The zero-order valence-electron chi connectivity index (χ0n) is 19.7. The average molecular weight is 505 g/mol. The maximum absolute atomic E-state index is 14.8. The van der Waals surface area contributed by atoms with E-state index in [1.165, 1.54) is 28.8 Å². The molecule has 3 N–H and O–H groups in total. The van der Waals surface area contributed by atoms with Gasteiger partial charge in [0.25, 0.3) is 0 Å². The van der Waals surface area contributed by atoms with Crippen LogP contribution in [0.4, 0.5) is 4.39 Å². The van der Waals surface area contributed by atoms with Gasteiger partial charge < -0.3 is 20.1 Å². The summed E-state index contributed by atoms with van der Waals surface area (Å²) >= 11 is 6.02. The number of carboxylic acid groups (broad SMARTS) is 1. The summed E-state index contributed by atoms with van der Waals surface area (Å²) in [5.74, 6) is -1.38.